The number of aromatic nitrogens is 1. The zero-order valence-corrected chi connectivity index (χ0v) is 15.3. The third kappa shape index (κ3) is 3.22. The number of rotatable bonds is 5. The Labute approximate surface area is 161 Å². The number of ether oxygens (including phenoxy) is 2. The first-order valence-corrected chi connectivity index (χ1v) is 9.03. The molecule has 1 aliphatic rings. The summed E-state index contributed by atoms with van der Waals surface area (Å²) in [6.45, 7) is -0.496. The number of hydrogen-bond acceptors (Lipinski definition) is 5. The number of fused-ring (bicyclic) bond motifs is 2. The molecule has 5 nitrogen and oxygen atoms in total. The summed E-state index contributed by atoms with van der Waals surface area (Å²) in [7, 11) is 1.39. The Morgan fingerprint density at radius 3 is 2.79 bits per heavy atom. The fraction of sp³-hybridized carbons (Fsp3) is 0.227. The predicted octanol–water partition coefficient (Wildman–Crippen LogP) is 3.91. The molecule has 1 aliphatic carbocycles. The molecule has 0 bridgehead atoms. The van der Waals surface area contributed by atoms with Crippen molar-refractivity contribution >= 4 is 22.7 Å². The number of pyridine rings is 1. The van der Waals surface area contributed by atoms with Gasteiger partial charge >= 0.3 is 5.97 Å². The van der Waals surface area contributed by atoms with E-state index in [1.54, 1.807) is 0 Å². The third-order valence-corrected chi connectivity index (χ3v) is 4.92. The second-order valence-electron chi connectivity index (χ2n) is 6.63. The maximum Gasteiger partial charge on any atom is 0.339 e. The lowest BCUT2D eigenvalue weighted by molar-refractivity contribution is 0.0474. The number of para-hydroxylation sites is 1. The summed E-state index contributed by atoms with van der Waals surface area (Å²) >= 11 is 0. The molecule has 0 amide bonds. The number of hydrogen-bond donors (Lipinski definition) is 0. The molecule has 0 aliphatic heterocycles. The highest BCUT2D eigenvalue weighted by atomic mass is 19.1. The fourth-order valence-corrected chi connectivity index (χ4v) is 3.62. The van der Waals surface area contributed by atoms with E-state index in [2.05, 4.69) is 4.98 Å². The van der Waals surface area contributed by atoms with Crippen molar-refractivity contribution in [3.05, 3.63) is 70.7 Å². The summed E-state index contributed by atoms with van der Waals surface area (Å²) < 4.78 is 23.9. The van der Waals surface area contributed by atoms with E-state index < -0.39 is 24.2 Å². The van der Waals surface area contributed by atoms with Crippen LogP contribution in [0, 0.1) is 5.82 Å². The van der Waals surface area contributed by atoms with E-state index in [-0.39, 0.29) is 11.3 Å². The maximum absolute atomic E-state index is 13.5. The maximum atomic E-state index is 13.5. The van der Waals surface area contributed by atoms with E-state index in [1.165, 1.54) is 19.2 Å². The first kappa shape index (κ1) is 18.1. The van der Waals surface area contributed by atoms with Gasteiger partial charge < -0.3 is 9.47 Å². The Bertz CT molecular complexity index is 1090. The van der Waals surface area contributed by atoms with Gasteiger partial charge in [-0.2, -0.15) is 0 Å². The van der Waals surface area contributed by atoms with Gasteiger partial charge in [-0.25, -0.2) is 9.18 Å². The van der Waals surface area contributed by atoms with E-state index in [1.807, 2.05) is 24.3 Å². The molecule has 3 aromatic rings. The average molecular weight is 379 g/mol. The number of aryl methyl sites for hydroxylation is 1. The number of Topliss-reactive ketones (excluding diaryl/α,β-unsaturated/α-hetero) is 1. The first-order valence-electron chi connectivity index (χ1n) is 9.03. The third-order valence-electron chi connectivity index (χ3n) is 4.92. The predicted molar refractivity (Wildman–Crippen MR) is 101 cm³/mol. The number of nitrogens with zero attached hydrogens (tertiary/aromatic N) is 1. The molecular weight excluding hydrogens is 361 g/mol. The van der Waals surface area contributed by atoms with Crippen molar-refractivity contribution in [2.75, 3.05) is 13.7 Å². The number of methoxy groups -OCH3 is 1. The molecule has 4 rings (SSSR count). The van der Waals surface area contributed by atoms with Crippen molar-refractivity contribution in [2.24, 2.45) is 0 Å². The number of halogens is 1. The second kappa shape index (κ2) is 7.38. The largest absolute Gasteiger partial charge is 0.496 e. The molecule has 0 saturated carbocycles. The molecule has 28 heavy (non-hydrogen) atoms. The highest BCUT2D eigenvalue weighted by Crippen LogP contribution is 2.30. The highest BCUT2D eigenvalue weighted by Gasteiger charge is 2.25. The summed E-state index contributed by atoms with van der Waals surface area (Å²) in [6.07, 6.45) is 2.50. The zero-order chi connectivity index (χ0) is 19.7. The van der Waals surface area contributed by atoms with Gasteiger partial charge in [-0.1, -0.05) is 18.2 Å². The molecule has 0 spiro atoms. The van der Waals surface area contributed by atoms with Crippen molar-refractivity contribution < 1.29 is 23.5 Å². The smallest absolute Gasteiger partial charge is 0.339 e. The van der Waals surface area contributed by atoms with Crippen LogP contribution in [0.2, 0.25) is 0 Å². The normalized spacial score (nSPS) is 12.6. The summed E-state index contributed by atoms with van der Waals surface area (Å²) in [4.78, 5) is 30.0. The lowest BCUT2D eigenvalue weighted by Gasteiger charge is -2.12. The molecule has 0 atom stereocenters. The minimum atomic E-state index is -0.569. The van der Waals surface area contributed by atoms with Gasteiger partial charge in [0.1, 0.15) is 11.6 Å². The van der Waals surface area contributed by atoms with E-state index in [9.17, 15) is 14.0 Å². The lowest BCUT2D eigenvalue weighted by atomic mass is 10.0. The molecule has 0 saturated heterocycles. The quantitative estimate of drug-likeness (QED) is 0.497. The van der Waals surface area contributed by atoms with Crippen molar-refractivity contribution in [1.29, 1.82) is 0 Å². The molecular formula is C22H18FNO4. The number of ketones is 1. The van der Waals surface area contributed by atoms with E-state index in [4.69, 9.17) is 9.47 Å². The minimum absolute atomic E-state index is 0.0418. The topological polar surface area (TPSA) is 65.5 Å². The SMILES string of the molecule is COc1ccc(F)cc1C(=O)COC(=O)c1c2c(nc3ccccc13)CCC2. The van der Waals surface area contributed by atoms with Gasteiger partial charge in [0.05, 0.1) is 23.8 Å². The van der Waals surface area contributed by atoms with Gasteiger partial charge in [0.2, 0.25) is 5.78 Å². The van der Waals surface area contributed by atoms with Gasteiger partial charge in [0, 0.05) is 11.1 Å². The van der Waals surface area contributed by atoms with Crippen LogP contribution < -0.4 is 4.74 Å². The zero-order valence-electron chi connectivity index (χ0n) is 15.3. The van der Waals surface area contributed by atoms with Crippen LogP contribution in [0.5, 0.6) is 5.75 Å². The summed E-state index contributed by atoms with van der Waals surface area (Å²) in [5.74, 6) is -1.42. The number of benzene rings is 2. The fourth-order valence-electron chi connectivity index (χ4n) is 3.62. The Kier molecular flexibility index (Phi) is 4.77. The molecule has 6 heteroatoms. The van der Waals surface area contributed by atoms with Crippen LogP contribution in [0.15, 0.2) is 42.5 Å². The van der Waals surface area contributed by atoms with Crippen LogP contribution in [0.25, 0.3) is 10.9 Å². The molecule has 1 heterocycles. The van der Waals surface area contributed by atoms with Crippen molar-refractivity contribution in [3.63, 3.8) is 0 Å². The summed E-state index contributed by atoms with van der Waals surface area (Å²) in [6, 6.07) is 11.0. The molecule has 0 fully saturated rings. The first-order chi connectivity index (χ1) is 13.6. The van der Waals surface area contributed by atoms with Crippen LogP contribution in [-0.2, 0) is 17.6 Å². The van der Waals surface area contributed by atoms with Gasteiger partial charge in [-0.15, -0.1) is 0 Å². The number of esters is 1. The van der Waals surface area contributed by atoms with Crippen LogP contribution in [0.4, 0.5) is 4.39 Å². The van der Waals surface area contributed by atoms with Crippen LogP contribution >= 0.6 is 0 Å². The standard InChI is InChI=1S/C22H18FNO4/c1-27-20-10-9-13(23)11-16(20)19(25)12-28-22(26)21-14-5-2-3-7-17(14)24-18-8-4-6-15(18)21/h2-3,5,7,9-11H,4,6,8,12H2,1H3. The van der Waals surface area contributed by atoms with E-state index >= 15 is 0 Å². The van der Waals surface area contributed by atoms with Gasteiger partial charge in [0.15, 0.2) is 6.61 Å². The second-order valence-corrected chi connectivity index (χ2v) is 6.63. The van der Waals surface area contributed by atoms with Gasteiger partial charge in [-0.3, -0.25) is 9.78 Å². The van der Waals surface area contributed by atoms with Gasteiger partial charge in [-0.05, 0) is 49.1 Å². The number of carbonyl (C=O) groups is 2. The Morgan fingerprint density at radius 2 is 1.96 bits per heavy atom. The molecule has 0 N–H and O–H groups in total. The van der Waals surface area contributed by atoms with Crippen molar-refractivity contribution in [2.45, 2.75) is 19.3 Å². The molecule has 2 aromatic carbocycles. The molecule has 0 unspecified atom stereocenters. The van der Waals surface area contributed by atoms with Crippen molar-refractivity contribution in [3.8, 4) is 5.75 Å². The lowest BCUT2D eigenvalue weighted by Crippen LogP contribution is -2.17. The summed E-state index contributed by atoms with van der Waals surface area (Å²) in [5, 5.41) is 0.712. The van der Waals surface area contributed by atoms with Crippen LogP contribution in [0.3, 0.4) is 0 Å². The summed E-state index contributed by atoms with van der Waals surface area (Å²) in [5.41, 5.74) is 3.04. The Hall–Kier alpha value is -3.28. The van der Waals surface area contributed by atoms with E-state index in [0.717, 1.165) is 42.1 Å². The highest BCUT2D eigenvalue weighted by molar-refractivity contribution is 6.07. The average Bonchev–Trinajstić information content (AvgIpc) is 3.17. The Morgan fingerprint density at radius 1 is 1.14 bits per heavy atom. The molecule has 1 aromatic heterocycles. The molecule has 0 radical (unpaired) electrons. The van der Waals surface area contributed by atoms with Crippen LogP contribution in [-0.4, -0.2) is 30.5 Å². The number of carbonyl (C=O) groups excluding carboxylic acids is 2. The molecule has 142 valence electrons. The Balaban J connectivity index is 1.62. The van der Waals surface area contributed by atoms with Crippen molar-refractivity contribution in [1.82, 2.24) is 4.98 Å². The van der Waals surface area contributed by atoms with Gasteiger partial charge in [0.25, 0.3) is 0 Å². The monoisotopic (exact) mass is 379 g/mol. The van der Waals surface area contributed by atoms with Crippen LogP contribution in [0.1, 0.15) is 38.4 Å². The van der Waals surface area contributed by atoms with E-state index in [0.29, 0.717) is 10.9 Å². The minimum Gasteiger partial charge on any atom is -0.496 e.